The molecule has 1 aliphatic carbocycles. The third-order valence-electron chi connectivity index (χ3n) is 4.31. The number of amides is 1. The van der Waals surface area contributed by atoms with Crippen LogP contribution in [0.5, 0.6) is 0 Å². The van der Waals surface area contributed by atoms with Crippen LogP contribution < -0.4 is 10.6 Å². The molecule has 0 spiro atoms. The van der Waals surface area contributed by atoms with E-state index < -0.39 is 0 Å². The van der Waals surface area contributed by atoms with Crippen molar-refractivity contribution in [3.05, 3.63) is 48.2 Å². The largest absolute Gasteiger partial charge is 0.367 e. The number of rotatable bonds is 6. The number of carbonyl (C=O) groups excluding carboxylic acids is 1. The molecule has 0 radical (unpaired) electrons. The molecule has 0 unspecified atom stereocenters. The van der Waals surface area contributed by atoms with E-state index in [0.29, 0.717) is 11.5 Å². The molecule has 6 heteroatoms. The zero-order valence-electron chi connectivity index (χ0n) is 13.8. The minimum Gasteiger partial charge on any atom is -0.367 e. The first-order valence-corrected chi connectivity index (χ1v) is 9.06. The second kappa shape index (κ2) is 7.66. The predicted octanol–water partition coefficient (Wildman–Crippen LogP) is 3.35. The molecule has 0 aliphatic heterocycles. The molecule has 0 saturated heterocycles. The highest BCUT2D eigenvalue weighted by molar-refractivity contribution is 8.00. The maximum absolute atomic E-state index is 11.5. The van der Waals surface area contributed by atoms with Crippen LogP contribution in [0.2, 0.25) is 0 Å². The number of nitrogens with zero attached hydrogens (tertiary/aromatic N) is 2. The first kappa shape index (κ1) is 16.8. The van der Waals surface area contributed by atoms with Gasteiger partial charge in [0.05, 0.1) is 0 Å². The van der Waals surface area contributed by atoms with E-state index in [1.54, 1.807) is 13.1 Å². The van der Waals surface area contributed by atoms with E-state index in [0.717, 1.165) is 6.54 Å². The molecule has 1 heterocycles. The molecule has 1 amide bonds. The van der Waals surface area contributed by atoms with Gasteiger partial charge in [-0.1, -0.05) is 31.0 Å². The van der Waals surface area contributed by atoms with Crippen LogP contribution in [0, 0.1) is 0 Å². The normalized spacial score (nSPS) is 15.9. The average Bonchev–Trinajstić information content (AvgIpc) is 3.09. The summed E-state index contributed by atoms with van der Waals surface area (Å²) >= 11 is 1.95. The van der Waals surface area contributed by atoms with Gasteiger partial charge in [0, 0.05) is 23.2 Å². The lowest BCUT2D eigenvalue weighted by Gasteiger charge is -2.29. The Bertz CT molecular complexity index is 669. The molecule has 24 heavy (non-hydrogen) atoms. The molecular formula is C18H22N4OS. The first-order chi connectivity index (χ1) is 11.7. The highest BCUT2D eigenvalue weighted by Gasteiger charge is 2.34. The van der Waals surface area contributed by atoms with Gasteiger partial charge in [-0.05, 0) is 37.1 Å². The van der Waals surface area contributed by atoms with Crippen LogP contribution in [0.25, 0.3) is 0 Å². The van der Waals surface area contributed by atoms with Gasteiger partial charge in [-0.15, -0.1) is 22.0 Å². The van der Waals surface area contributed by atoms with Crippen molar-refractivity contribution in [2.45, 2.75) is 35.3 Å². The van der Waals surface area contributed by atoms with E-state index in [2.05, 4.69) is 45.1 Å². The summed E-state index contributed by atoms with van der Waals surface area (Å²) in [6, 6.07) is 14.1. The van der Waals surface area contributed by atoms with Gasteiger partial charge in [0.15, 0.2) is 5.69 Å². The highest BCUT2D eigenvalue weighted by Crippen LogP contribution is 2.45. The van der Waals surface area contributed by atoms with Crippen molar-refractivity contribution in [1.29, 1.82) is 0 Å². The molecule has 2 N–H and O–H groups in total. The molecular weight excluding hydrogens is 320 g/mol. The molecule has 5 nitrogen and oxygen atoms in total. The molecule has 0 bridgehead atoms. The SMILES string of the molecule is CNC(=O)c1ccc(NCC2(Sc3ccccc3)CCCC2)nn1. The summed E-state index contributed by atoms with van der Waals surface area (Å²) in [5, 5.41) is 14.0. The summed E-state index contributed by atoms with van der Waals surface area (Å²) in [6.07, 6.45) is 4.93. The molecule has 1 fully saturated rings. The van der Waals surface area contributed by atoms with Gasteiger partial charge in [-0.3, -0.25) is 4.79 Å². The third kappa shape index (κ3) is 4.06. The zero-order valence-corrected chi connectivity index (χ0v) is 14.6. The van der Waals surface area contributed by atoms with E-state index in [1.165, 1.54) is 30.6 Å². The topological polar surface area (TPSA) is 66.9 Å². The Hall–Kier alpha value is -2.08. The van der Waals surface area contributed by atoms with Gasteiger partial charge in [0.25, 0.3) is 5.91 Å². The average molecular weight is 342 g/mol. The van der Waals surface area contributed by atoms with E-state index in [4.69, 9.17) is 0 Å². The van der Waals surface area contributed by atoms with Crippen molar-refractivity contribution >= 4 is 23.5 Å². The van der Waals surface area contributed by atoms with Gasteiger partial charge < -0.3 is 10.6 Å². The lowest BCUT2D eigenvalue weighted by molar-refractivity contribution is 0.0957. The van der Waals surface area contributed by atoms with Crippen LogP contribution in [0.1, 0.15) is 36.2 Å². The molecule has 0 atom stereocenters. The standard InChI is InChI=1S/C18H22N4OS/c1-19-17(23)15-9-10-16(22-21-15)20-13-18(11-5-6-12-18)24-14-7-3-2-4-8-14/h2-4,7-10H,5-6,11-13H2,1H3,(H,19,23)(H,20,22). The minimum absolute atomic E-state index is 0.197. The predicted molar refractivity (Wildman–Crippen MR) is 97.4 cm³/mol. The lowest BCUT2D eigenvalue weighted by Crippen LogP contribution is -2.30. The van der Waals surface area contributed by atoms with Gasteiger partial charge in [-0.2, -0.15) is 0 Å². The Morgan fingerprint density at radius 2 is 1.88 bits per heavy atom. The van der Waals surface area contributed by atoms with E-state index in [1.807, 2.05) is 23.9 Å². The summed E-state index contributed by atoms with van der Waals surface area (Å²) in [5.74, 6) is 0.489. The number of hydrogen-bond donors (Lipinski definition) is 2. The van der Waals surface area contributed by atoms with Crippen LogP contribution in [-0.4, -0.2) is 34.4 Å². The summed E-state index contributed by atoms with van der Waals surface area (Å²) in [7, 11) is 1.58. The molecule has 1 aromatic heterocycles. The Kier molecular flexibility index (Phi) is 5.35. The van der Waals surface area contributed by atoms with E-state index >= 15 is 0 Å². The molecule has 3 rings (SSSR count). The number of thioether (sulfide) groups is 1. The number of carbonyl (C=O) groups is 1. The first-order valence-electron chi connectivity index (χ1n) is 8.25. The number of hydrogen-bond acceptors (Lipinski definition) is 5. The molecule has 2 aromatic rings. The smallest absolute Gasteiger partial charge is 0.271 e. The van der Waals surface area contributed by atoms with Crippen LogP contribution in [0.4, 0.5) is 5.82 Å². The fourth-order valence-corrected chi connectivity index (χ4v) is 4.43. The van der Waals surface area contributed by atoms with Crippen molar-refractivity contribution in [2.24, 2.45) is 0 Å². The van der Waals surface area contributed by atoms with E-state index in [-0.39, 0.29) is 10.7 Å². The quantitative estimate of drug-likeness (QED) is 0.843. The van der Waals surface area contributed by atoms with Gasteiger partial charge in [-0.25, -0.2) is 0 Å². The van der Waals surface area contributed by atoms with Crippen molar-refractivity contribution in [1.82, 2.24) is 15.5 Å². The van der Waals surface area contributed by atoms with Gasteiger partial charge in [0.2, 0.25) is 0 Å². The molecule has 126 valence electrons. The van der Waals surface area contributed by atoms with Crippen molar-refractivity contribution in [2.75, 3.05) is 18.9 Å². The fraction of sp³-hybridized carbons (Fsp3) is 0.389. The number of aromatic nitrogens is 2. The van der Waals surface area contributed by atoms with Crippen LogP contribution in [0.3, 0.4) is 0 Å². The third-order valence-corrected chi connectivity index (χ3v) is 5.80. The Morgan fingerprint density at radius 1 is 1.12 bits per heavy atom. The molecule has 1 aromatic carbocycles. The number of benzene rings is 1. The fourth-order valence-electron chi connectivity index (χ4n) is 3.00. The zero-order chi connectivity index (χ0) is 16.8. The van der Waals surface area contributed by atoms with Crippen LogP contribution in [0.15, 0.2) is 47.4 Å². The maximum atomic E-state index is 11.5. The lowest BCUT2D eigenvalue weighted by atomic mass is 10.1. The van der Waals surface area contributed by atoms with Crippen molar-refractivity contribution < 1.29 is 4.79 Å². The Labute approximate surface area is 146 Å². The van der Waals surface area contributed by atoms with Gasteiger partial charge >= 0.3 is 0 Å². The second-order valence-electron chi connectivity index (χ2n) is 6.04. The highest BCUT2D eigenvalue weighted by atomic mass is 32.2. The Balaban J connectivity index is 1.65. The van der Waals surface area contributed by atoms with Crippen molar-refractivity contribution in [3.63, 3.8) is 0 Å². The molecule has 1 saturated carbocycles. The van der Waals surface area contributed by atoms with Crippen LogP contribution in [-0.2, 0) is 0 Å². The van der Waals surface area contributed by atoms with Crippen molar-refractivity contribution in [3.8, 4) is 0 Å². The van der Waals surface area contributed by atoms with Crippen LogP contribution >= 0.6 is 11.8 Å². The Morgan fingerprint density at radius 3 is 2.50 bits per heavy atom. The molecule has 1 aliphatic rings. The summed E-state index contributed by atoms with van der Waals surface area (Å²) in [4.78, 5) is 12.8. The summed E-state index contributed by atoms with van der Waals surface area (Å²) < 4.78 is 0.197. The second-order valence-corrected chi connectivity index (χ2v) is 7.58. The summed E-state index contributed by atoms with van der Waals surface area (Å²) in [6.45, 7) is 0.848. The van der Waals surface area contributed by atoms with E-state index in [9.17, 15) is 4.79 Å². The van der Waals surface area contributed by atoms with Gasteiger partial charge in [0.1, 0.15) is 5.82 Å². The monoisotopic (exact) mass is 342 g/mol. The summed E-state index contributed by atoms with van der Waals surface area (Å²) in [5.41, 5.74) is 0.331. The minimum atomic E-state index is -0.221. The number of anilines is 1. The maximum Gasteiger partial charge on any atom is 0.271 e. The number of nitrogens with one attached hydrogen (secondary N) is 2.